The van der Waals surface area contributed by atoms with Gasteiger partial charge in [0.1, 0.15) is 6.33 Å². The Morgan fingerprint density at radius 3 is 3.14 bits per heavy atom. The molecule has 1 amide bonds. The van der Waals surface area contributed by atoms with Crippen molar-refractivity contribution in [3.8, 4) is 11.5 Å². The van der Waals surface area contributed by atoms with Gasteiger partial charge in [0.05, 0.1) is 15.8 Å². The van der Waals surface area contributed by atoms with Crippen LogP contribution in [0.15, 0.2) is 36.1 Å². The number of hydrogen-bond acceptors (Lipinski definition) is 6. The Morgan fingerprint density at radius 1 is 1.29 bits per heavy atom. The minimum absolute atomic E-state index is 0.207. The van der Waals surface area contributed by atoms with Crippen LogP contribution in [0.1, 0.15) is 10.4 Å². The van der Waals surface area contributed by atoms with E-state index in [4.69, 9.17) is 9.47 Å². The molecule has 3 heterocycles. The van der Waals surface area contributed by atoms with Gasteiger partial charge in [0.2, 0.25) is 6.79 Å². The van der Waals surface area contributed by atoms with Crippen molar-refractivity contribution in [2.45, 2.75) is 0 Å². The van der Waals surface area contributed by atoms with Gasteiger partial charge in [0.25, 0.3) is 5.91 Å². The quantitative estimate of drug-likeness (QED) is 0.787. The van der Waals surface area contributed by atoms with E-state index in [1.54, 1.807) is 29.8 Å². The first-order valence-corrected chi connectivity index (χ1v) is 7.07. The molecule has 0 aliphatic carbocycles. The fourth-order valence-corrected chi connectivity index (χ4v) is 2.98. The van der Waals surface area contributed by atoms with Gasteiger partial charge >= 0.3 is 0 Å². The van der Waals surface area contributed by atoms with Crippen LogP contribution in [-0.2, 0) is 0 Å². The fraction of sp³-hybridized carbons (Fsp3) is 0.0714. The van der Waals surface area contributed by atoms with Crippen molar-refractivity contribution in [3.63, 3.8) is 0 Å². The van der Waals surface area contributed by atoms with E-state index in [0.29, 0.717) is 28.3 Å². The molecule has 0 saturated carbocycles. The third-order valence-electron chi connectivity index (χ3n) is 3.11. The number of nitrogens with zero attached hydrogens (tertiary/aromatic N) is 2. The van der Waals surface area contributed by atoms with Crippen molar-refractivity contribution in [1.82, 2.24) is 9.97 Å². The number of benzene rings is 1. The molecule has 0 unspecified atom stereocenters. The molecular formula is C14H9N3O3S. The summed E-state index contributed by atoms with van der Waals surface area (Å²) in [6, 6.07) is 5.28. The van der Waals surface area contributed by atoms with Crippen LogP contribution in [0.25, 0.3) is 10.2 Å². The van der Waals surface area contributed by atoms with E-state index in [0.717, 1.165) is 4.70 Å². The Bertz CT molecular complexity index is 846. The smallest absolute Gasteiger partial charge is 0.258 e. The molecule has 1 N–H and O–H groups in total. The highest BCUT2D eigenvalue weighted by Crippen LogP contribution is 2.34. The number of anilines is 1. The van der Waals surface area contributed by atoms with Crippen LogP contribution in [0.3, 0.4) is 0 Å². The van der Waals surface area contributed by atoms with E-state index in [2.05, 4.69) is 15.3 Å². The monoisotopic (exact) mass is 299 g/mol. The second-order valence-corrected chi connectivity index (χ2v) is 5.32. The zero-order chi connectivity index (χ0) is 14.2. The summed E-state index contributed by atoms with van der Waals surface area (Å²) in [6.07, 6.45) is 3.14. The van der Waals surface area contributed by atoms with Crippen LogP contribution in [0, 0.1) is 0 Å². The summed E-state index contributed by atoms with van der Waals surface area (Å²) in [7, 11) is 0. The molecule has 0 saturated heterocycles. The Labute approximate surface area is 123 Å². The summed E-state index contributed by atoms with van der Waals surface area (Å²) in [5.74, 6) is 1.10. The van der Waals surface area contributed by atoms with Crippen LogP contribution < -0.4 is 14.8 Å². The van der Waals surface area contributed by atoms with E-state index in [1.165, 1.54) is 17.7 Å². The van der Waals surface area contributed by atoms with Crippen molar-refractivity contribution in [2.75, 3.05) is 12.1 Å². The molecule has 0 radical (unpaired) electrons. The van der Waals surface area contributed by atoms with E-state index in [1.807, 2.05) is 0 Å². The lowest BCUT2D eigenvalue weighted by molar-refractivity contribution is 0.102. The lowest BCUT2D eigenvalue weighted by Crippen LogP contribution is -2.11. The number of thiophene rings is 1. The molecule has 21 heavy (non-hydrogen) atoms. The molecular weight excluding hydrogens is 290 g/mol. The third kappa shape index (κ3) is 2.07. The summed E-state index contributed by atoms with van der Waals surface area (Å²) in [5, 5.41) is 4.62. The molecule has 0 fully saturated rings. The zero-order valence-corrected chi connectivity index (χ0v) is 11.5. The maximum Gasteiger partial charge on any atom is 0.258 e. The number of amides is 1. The van der Waals surface area contributed by atoms with Gasteiger partial charge in [-0.1, -0.05) is 0 Å². The number of rotatable bonds is 2. The van der Waals surface area contributed by atoms with Gasteiger partial charge in [0.15, 0.2) is 11.5 Å². The fourth-order valence-electron chi connectivity index (χ4n) is 2.12. The third-order valence-corrected chi connectivity index (χ3v) is 4.02. The van der Waals surface area contributed by atoms with Crippen molar-refractivity contribution in [2.24, 2.45) is 0 Å². The van der Waals surface area contributed by atoms with E-state index >= 15 is 0 Å². The molecule has 1 aliphatic heterocycles. The molecule has 1 aromatic carbocycles. The van der Waals surface area contributed by atoms with Gasteiger partial charge in [-0.15, -0.1) is 11.3 Å². The van der Waals surface area contributed by atoms with Crippen molar-refractivity contribution < 1.29 is 14.3 Å². The minimum atomic E-state index is -0.209. The number of aromatic nitrogens is 2. The van der Waals surface area contributed by atoms with Gasteiger partial charge < -0.3 is 14.8 Å². The van der Waals surface area contributed by atoms with Crippen molar-refractivity contribution in [1.29, 1.82) is 0 Å². The summed E-state index contributed by atoms with van der Waals surface area (Å²) in [5.41, 5.74) is 1.85. The van der Waals surface area contributed by atoms with E-state index in [-0.39, 0.29) is 12.7 Å². The maximum atomic E-state index is 12.4. The Morgan fingerprint density at radius 2 is 2.19 bits per heavy atom. The van der Waals surface area contributed by atoms with Crippen LogP contribution in [0.5, 0.6) is 11.5 Å². The van der Waals surface area contributed by atoms with Crippen LogP contribution in [0.4, 0.5) is 5.69 Å². The van der Waals surface area contributed by atoms with Gasteiger partial charge in [-0.05, 0) is 12.1 Å². The highest BCUT2D eigenvalue weighted by molar-refractivity contribution is 7.17. The molecule has 3 aromatic rings. The summed E-state index contributed by atoms with van der Waals surface area (Å²) >= 11 is 1.44. The highest BCUT2D eigenvalue weighted by Gasteiger charge is 2.17. The average molecular weight is 299 g/mol. The predicted octanol–water partition coefficient (Wildman–Crippen LogP) is 2.67. The Kier molecular flexibility index (Phi) is 2.71. The van der Waals surface area contributed by atoms with Crippen LogP contribution >= 0.6 is 11.3 Å². The SMILES string of the molecule is O=C(Nc1ccc2c(c1)OCO2)c1csc2cncnc12. The first kappa shape index (κ1) is 12.1. The Hall–Kier alpha value is -2.67. The van der Waals surface area contributed by atoms with E-state index < -0.39 is 0 Å². The topological polar surface area (TPSA) is 73.3 Å². The Balaban J connectivity index is 1.63. The molecule has 104 valence electrons. The largest absolute Gasteiger partial charge is 0.454 e. The molecule has 0 atom stereocenters. The molecule has 4 rings (SSSR count). The summed E-state index contributed by atoms with van der Waals surface area (Å²) in [4.78, 5) is 20.5. The first-order valence-electron chi connectivity index (χ1n) is 6.19. The number of nitrogens with one attached hydrogen (secondary N) is 1. The van der Waals surface area contributed by atoms with Gasteiger partial charge in [-0.25, -0.2) is 9.97 Å². The zero-order valence-electron chi connectivity index (χ0n) is 10.7. The minimum Gasteiger partial charge on any atom is -0.454 e. The molecule has 7 heteroatoms. The van der Waals surface area contributed by atoms with Gasteiger partial charge in [0, 0.05) is 23.3 Å². The molecule has 0 spiro atoms. The normalized spacial score (nSPS) is 12.6. The second-order valence-electron chi connectivity index (χ2n) is 4.41. The number of hydrogen-bond donors (Lipinski definition) is 1. The summed E-state index contributed by atoms with van der Waals surface area (Å²) < 4.78 is 11.4. The summed E-state index contributed by atoms with van der Waals surface area (Å²) in [6.45, 7) is 0.207. The average Bonchev–Trinajstić information content (AvgIpc) is 3.13. The standard InChI is InChI=1S/C14H9N3O3S/c18-14(9-5-21-12-4-15-6-16-13(9)12)17-8-1-2-10-11(3-8)20-7-19-10/h1-6H,7H2,(H,17,18). The lowest BCUT2D eigenvalue weighted by Gasteiger charge is -2.05. The number of carbonyl (C=O) groups is 1. The van der Waals surface area contributed by atoms with Gasteiger partial charge in [-0.2, -0.15) is 0 Å². The first-order chi connectivity index (χ1) is 10.3. The number of fused-ring (bicyclic) bond motifs is 2. The van der Waals surface area contributed by atoms with Gasteiger partial charge in [-0.3, -0.25) is 4.79 Å². The maximum absolute atomic E-state index is 12.4. The van der Waals surface area contributed by atoms with Crippen molar-refractivity contribution >= 4 is 33.1 Å². The molecule has 2 aromatic heterocycles. The second kappa shape index (κ2) is 4.71. The highest BCUT2D eigenvalue weighted by atomic mass is 32.1. The lowest BCUT2D eigenvalue weighted by atomic mass is 10.2. The number of carbonyl (C=O) groups excluding carboxylic acids is 1. The number of ether oxygens (including phenoxy) is 2. The molecule has 6 nitrogen and oxygen atoms in total. The van der Waals surface area contributed by atoms with Crippen LogP contribution in [-0.4, -0.2) is 22.7 Å². The van der Waals surface area contributed by atoms with Crippen LogP contribution in [0.2, 0.25) is 0 Å². The molecule has 1 aliphatic rings. The molecule has 0 bridgehead atoms. The van der Waals surface area contributed by atoms with E-state index in [9.17, 15) is 4.79 Å². The van der Waals surface area contributed by atoms with Crippen molar-refractivity contribution in [3.05, 3.63) is 41.7 Å². The predicted molar refractivity (Wildman–Crippen MR) is 77.9 cm³/mol.